The molecule has 0 aliphatic rings. The molecule has 0 aromatic heterocycles. The van der Waals surface area contributed by atoms with Gasteiger partial charge in [0.1, 0.15) is 0 Å². The van der Waals surface area contributed by atoms with Gasteiger partial charge in [-0.05, 0) is 36.8 Å². The Kier molecular flexibility index (Phi) is 6.93. The summed E-state index contributed by atoms with van der Waals surface area (Å²) in [7, 11) is 0. The minimum Gasteiger partial charge on any atom is -0.481 e. The van der Waals surface area contributed by atoms with E-state index in [1.54, 1.807) is 11.8 Å². The number of carbonyl (C=O) groups is 2. The van der Waals surface area contributed by atoms with Crippen LogP contribution in [0.1, 0.15) is 24.0 Å². The molecule has 20 heavy (non-hydrogen) atoms. The summed E-state index contributed by atoms with van der Waals surface area (Å²) < 4.78 is 0. The molecule has 0 bridgehead atoms. The highest BCUT2D eigenvalue weighted by Gasteiger charge is 2.05. The molecular weight excluding hydrogens is 276 g/mol. The van der Waals surface area contributed by atoms with Crippen LogP contribution in [0.25, 0.3) is 0 Å². The Labute approximate surface area is 123 Å². The summed E-state index contributed by atoms with van der Waals surface area (Å²) in [5.41, 5.74) is 2.26. The molecule has 1 aromatic rings. The number of urea groups is 1. The quantitative estimate of drug-likeness (QED) is 0.533. The lowest BCUT2D eigenvalue weighted by molar-refractivity contribution is -0.137. The lowest BCUT2D eigenvalue weighted by atomic mass is 10.1. The maximum absolute atomic E-state index is 11.6. The molecule has 1 aromatic carbocycles. The summed E-state index contributed by atoms with van der Waals surface area (Å²) >= 11 is 1.65. The van der Waals surface area contributed by atoms with Crippen molar-refractivity contribution in [3.05, 3.63) is 29.3 Å². The highest BCUT2D eigenvalue weighted by Crippen LogP contribution is 2.21. The minimum atomic E-state index is -0.850. The van der Waals surface area contributed by atoms with E-state index >= 15 is 0 Å². The van der Waals surface area contributed by atoms with Crippen LogP contribution in [0, 0.1) is 6.92 Å². The van der Waals surface area contributed by atoms with Gasteiger partial charge in [-0.3, -0.25) is 4.79 Å². The minimum absolute atomic E-state index is 0.0644. The fraction of sp³-hybridized carbons (Fsp3) is 0.429. The van der Waals surface area contributed by atoms with Crippen LogP contribution in [0.3, 0.4) is 0 Å². The standard InChI is InChI=1S/C14H20N2O3S/c1-10-5-6-11(12(8-10)20-2)9-16-14(19)15-7-3-4-13(17)18/h5-6,8H,3-4,7,9H2,1-2H3,(H,17,18)(H2,15,16,19). The van der Waals surface area contributed by atoms with Crippen LogP contribution in [-0.2, 0) is 11.3 Å². The third kappa shape index (κ3) is 5.97. The Morgan fingerprint density at radius 3 is 2.70 bits per heavy atom. The Morgan fingerprint density at radius 2 is 2.05 bits per heavy atom. The number of benzene rings is 1. The van der Waals surface area contributed by atoms with Crippen LogP contribution in [0.4, 0.5) is 4.79 Å². The summed E-state index contributed by atoms with van der Waals surface area (Å²) in [5.74, 6) is -0.850. The first kappa shape index (κ1) is 16.4. The van der Waals surface area contributed by atoms with E-state index in [9.17, 15) is 9.59 Å². The van der Waals surface area contributed by atoms with Gasteiger partial charge in [0.2, 0.25) is 0 Å². The highest BCUT2D eigenvalue weighted by molar-refractivity contribution is 7.98. The number of hydrogen-bond donors (Lipinski definition) is 3. The van der Waals surface area contributed by atoms with E-state index in [1.165, 1.54) is 5.56 Å². The SMILES string of the molecule is CSc1cc(C)ccc1CNC(=O)NCCCC(=O)O. The second kappa shape index (κ2) is 8.47. The molecule has 0 unspecified atom stereocenters. The molecule has 5 nitrogen and oxygen atoms in total. The van der Waals surface area contributed by atoms with Crippen molar-refractivity contribution >= 4 is 23.8 Å². The number of rotatable bonds is 7. The lowest BCUT2D eigenvalue weighted by Crippen LogP contribution is -2.35. The Bertz CT molecular complexity index is 477. The maximum atomic E-state index is 11.6. The van der Waals surface area contributed by atoms with Crippen molar-refractivity contribution < 1.29 is 14.7 Å². The van der Waals surface area contributed by atoms with E-state index in [0.29, 0.717) is 19.5 Å². The molecule has 0 aliphatic heterocycles. The molecule has 0 saturated carbocycles. The molecule has 0 aliphatic carbocycles. The van der Waals surface area contributed by atoms with E-state index in [2.05, 4.69) is 16.7 Å². The van der Waals surface area contributed by atoms with Gasteiger partial charge < -0.3 is 15.7 Å². The number of carbonyl (C=O) groups excluding carboxylic acids is 1. The van der Waals surface area contributed by atoms with Crippen LogP contribution in [0.5, 0.6) is 0 Å². The zero-order chi connectivity index (χ0) is 15.0. The third-order valence-electron chi connectivity index (χ3n) is 2.73. The predicted molar refractivity (Wildman–Crippen MR) is 80.1 cm³/mol. The maximum Gasteiger partial charge on any atom is 0.315 e. The molecular formula is C14H20N2O3S. The molecule has 0 atom stereocenters. The van der Waals surface area contributed by atoms with Gasteiger partial charge in [-0.15, -0.1) is 11.8 Å². The van der Waals surface area contributed by atoms with Gasteiger partial charge in [-0.1, -0.05) is 12.1 Å². The smallest absolute Gasteiger partial charge is 0.315 e. The first-order valence-electron chi connectivity index (χ1n) is 6.40. The van der Waals surface area contributed by atoms with E-state index in [4.69, 9.17) is 5.11 Å². The number of aliphatic carboxylic acids is 1. The van der Waals surface area contributed by atoms with Gasteiger partial charge in [-0.25, -0.2) is 4.79 Å². The average Bonchev–Trinajstić information content (AvgIpc) is 2.41. The van der Waals surface area contributed by atoms with Crippen LogP contribution >= 0.6 is 11.8 Å². The van der Waals surface area contributed by atoms with Gasteiger partial charge in [0.05, 0.1) is 0 Å². The summed E-state index contributed by atoms with van der Waals surface area (Å²) in [6.45, 7) is 2.86. The second-order valence-corrected chi connectivity index (χ2v) is 5.27. The van der Waals surface area contributed by atoms with Crippen molar-refractivity contribution in [2.24, 2.45) is 0 Å². The third-order valence-corrected chi connectivity index (χ3v) is 3.55. The molecule has 2 amide bonds. The largest absolute Gasteiger partial charge is 0.481 e. The van der Waals surface area contributed by atoms with Crippen molar-refractivity contribution in [3.8, 4) is 0 Å². The summed E-state index contributed by atoms with van der Waals surface area (Å²) in [4.78, 5) is 23.0. The number of carboxylic acids is 1. The Morgan fingerprint density at radius 1 is 1.30 bits per heavy atom. The highest BCUT2D eigenvalue weighted by atomic mass is 32.2. The molecule has 0 saturated heterocycles. The molecule has 0 radical (unpaired) electrons. The number of amides is 2. The van der Waals surface area contributed by atoms with Crippen molar-refractivity contribution in [1.82, 2.24) is 10.6 Å². The predicted octanol–water partition coefficient (Wildman–Crippen LogP) is 2.38. The van der Waals surface area contributed by atoms with Gasteiger partial charge in [0.25, 0.3) is 0 Å². The summed E-state index contributed by atoms with van der Waals surface area (Å²) in [5, 5.41) is 13.9. The van der Waals surface area contributed by atoms with Gasteiger partial charge in [0, 0.05) is 24.4 Å². The Hall–Kier alpha value is -1.69. The van der Waals surface area contributed by atoms with E-state index < -0.39 is 5.97 Å². The molecule has 1 rings (SSSR count). The van der Waals surface area contributed by atoms with Crippen LogP contribution in [-0.4, -0.2) is 29.9 Å². The number of thioether (sulfide) groups is 1. The first-order valence-corrected chi connectivity index (χ1v) is 7.62. The number of nitrogens with one attached hydrogen (secondary N) is 2. The zero-order valence-electron chi connectivity index (χ0n) is 11.7. The van der Waals surface area contributed by atoms with E-state index in [1.807, 2.05) is 25.3 Å². The summed E-state index contributed by atoms with van der Waals surface area (Å²) in [6, 6.07) is 5.84. The van der Waals surface area contributed by atoms with Gasteiger partial charge >= 0.3 is 12.0 Å². The van der Waals surface area contributed by atoms with Gasteiger partial charge in [-0.2, -0.15) is 0 Å². The van der Waals surface area contributed by atoms with Crippen molar-refractivity contribution in [2.75, 3.05) is 12.8 Å². The van der Waals surface area contributed by atoms with Crippen LogP contribution in [0.2, 0.25) is 0 Å². The molecule has 0 fully saturated rings. The average molecular weight is 296 g/mol. The molecule has 6 heteroatoms. The number of carboxylic acid groups (broad SMARTS) is 1. The topological polar surface area (TPSA) is 78.4 Å². The van der Waals surface area contributed by atoms with Gasteiger partial charge in [0.15, 0.2) is 0 Å². The monoisotopic (exact) mass is 296 g/mol. The lowest BCUT2D eigenvalue weighted by Gasteiger charge is -2.10. The molecule has 3 N–H and O–H groups in total. The van der Waals surface area contributed by atoms with Crippen LogP contribution in [0.15, 0.2) is 23.1 Å². The number of aryl methyl sites for hydroxylation is 1. The molecule has 0 spiro atoms. The van der Waals surface area contributed by atoms with Crippen molar-refractivity contribution in [2.45, 2.75) is 31.2 Å². The number of hydrogen-bond acceptors (Lipinski definition) is 3. The van der Waals surface area contributed by atoms with Crippen molar-refractivity contribution in [1.29, 1.82) is 0 Å². The second-order valence-electron chi connectivity index (χ2n) is 4.42. The van der Waals surface area contributed by atoms with Crippen molar-refractivity contribution in [3.63, 3.8) is 0 Å². The zero-order valence-corrected chi connectivity index (χ0v) is 12.5. The molecule has 0 heterocycles. The Balaban J connectivity index is 2.35. The van der Waals surface area contributed by atoms with E-state index in [-0.39, 0.29) is 12.5 Å². The van der Waals surface area contributed by atoms with Crippen LogP contribution < -0.4 is 10.6 Å². The normalized spacial score (nSPS) is 10.1. The first-order chi connectivity index (χ1) is 9.52. The fourth-order valence-electron chi connectivity index (χ4n) is 1.68. The summed E-state index contributed by atoms with van der Waals surface area (Å²) in [6.07, 6.45) is 2.50. The molecule has 110 valence electrons. The van der Waals surface area contributed by atoms with E-state index in [0.717, 1.165) is 10.5 Å². The fourth-order valence-corrected chi connectivity index (χ4v) is 2.38.